The van der Waals surface area contributed by atoms with Crippen LogP contribution in [0.15, 0.2) is 78.9 Å². The minimum Gasteiger partial charge on any atom is -0.497 e. The first-order valence-electron chi connectivity index (χ1n) is 16.1. The van der Waals surface area contributed by atoms with Gasteiger partial charge in [-0.1, -0.05) is 54.6 Å². The summed E-state index contributed by atoms with van der Waals surface area (Å²) in [6, 6.07) is 14.7. The number of hydrogen-bond acceptors (Lipinski definition) is 8. The van der Waals surface area contributed by atoms with E-state index < -0.39 is 53.6 Å². The number of aliphatic hydroxyl groups excluding tert-OH is 1. The lowest BCUT2D eigenvalue weighted by molar-refractivity contribution is -0.164. The van der Waals surface area contributed by atoms with Crippen LogP contribution in [0, 0.1) is 11.8 Å². The van der Waals surface area contributed by atoms with Gasteiger partial charge in [0.05, 0.1) is 25.2 Å². The molecule has 11 nitrogen and oxygen atoms in total. The molecule has 0 unspecified atom stereocenters. The topological polar surface area (TPSA) is 126 Å². The van der Waals surface area contributed by atoms with Crippen molar-refractivity contribution >= 4 is 29.4 Å². The minimum atomic E-state index is -1.47. The molecule has 0 bridgehead atoms. The number of likely N-dealkylation sites (N-methyl/N-ethyl adjacent to an activating group) is 1. The SMILES string of the molecule is COc1ccc(N2CC=C[C@]34O[C@@H]5/C=C\CCC(=O)N(C)[C@H](C)[C@@H](c6ccccc6)OC(=O)[C@@H]5[C@H]3C(=O)N(CCCO)[C@@H]4C2=O)cc1. The number of likely N-dealkylation sites (tertiary alicyclic amines) is 1. The zero-order chi connectivity index (χ0) is 33.3. The van der Waals surface area contributed by atoms with Crippen LogP contribution in [0.4, 0.5) is 5.69 Å². The molecule has 11 heteroatoms. The lowest BCUT2D eigenvalue weighted by Gasteiger charge is -2.35. The second-order valence-corrected chi connectivity index (χ2v) is 12.5. The van der Waals surface area contributed by atoms with Crippen LogP contribution in [0.3, 0.4) is 0 Å². The van der Waals surface area contributed by atoms with E-state index in [0.29, 0.717) is 23.4 Å². The second-order valence-electron chi connectivity index (χ2n) is 12.5. The molecular weight excluding hydrogens is 602 g/mol. The van der Waals surface area contributed by atoms with Gasteiger partial charge in [0.2, 0.25) is 11.8 Å². The van der Waals surface area contributed by atoms with Crippen LogP contribution in [0.2, 0.25) is 0 Å². The number of anilines is 1. The highest BCUT2D eigenvalue weighted by atomic mass is 16.6. The quantitative estimate of drug-likeness (QED) is 0.376. The molecule has 3 amide bonds. The van der Waals surface area contributed by atoms with E-state index in [4.69, 9.17) is 14.2 Å². The predicted octanol–water partition coefficient (Wildman–Crippen LogP) is 3.04. The van der Waals surface area contributed by atoms with E-state index in [9.17, 15) is 24.3 Å². The van der Waals surface area contributed by atoms with Crippen molar-refractivity contribution in [3.63, 3.8) is 0 Å². The number of amides is 3. The molecule has 0 aromatic heterocycles. The van der Waals surface area contributed by atoms with E-state index in [-0.39, 0.29) is 44.4 Å². The third kappa shape index (κ3) is 5.72. The van der Waals surface area contributed by atoms with Crippen LogP contribution in [0.1, 0.15) is 37.9 Å². The molecule has 2 saturated heterocycles. The van der Waals surface area contributed by atoms with Crippen LogP contribution >= 0.6 is 0 Å². The number of fused-ring (bicyclic) bond motifs is 2. The van der Waals surface area contributed by atoms with E-state index in [1.165, 1.54) is 4.90 Å². The predicted molar refractivity (Wildman–Crippen MR) is 172 cm³/mol. The number of methoxy groups -OCH3 is 1. The summed E-state index contributed by atoms with van der Waals surface area (Å²) >= 11 is 0. The molecule has 1 spiro atoms. The van der Waals surface area contributed by atoms with E-state index in [1.54, 1.807) is 66.5 Å². The third-order valence-corrected chi connectivity index (χ3v) is 9.87. The summed E-state index contributed by atoms with van der Waals surface area (Å²) in [4.78, 5) is 61.2. The van der Waals surface area contributed by atoms with Crippen molar-refractivity contribution in [1.82, 2.24) is 9.80 Å². The smallest absolute Gasteiger partial charge is 0.313 e. The molecule has 248 valence electrons. The molecule has 6 rings (SSSR count). The van der Waals surface area contributed by atoms with Gasteiger partial charge in [-0.25, -0.2) is 0 Å². The van der Waals surface area contributed by atoms with Gasteiger partial charge in [-0.3, -0.25) is 19.2 Å². The van der Waals surface area contributed by atoms with E-state index >= 15 is 0 Å². The van der Waals surface area contributed by atoms with Crippen molar-refractivity contribution in [3.05, 3.63) is 84.5 Å². The summed E-state index contributed by atoms with van der Waals surface area (Å²) in [5.74, 6) is -2.98. The number of cyclic esters (lactones) is 1. The number of nitrogens with zero attached hydrogens (tertiary/aromatic N) is 3. The number of allylic oxidation sites excluding steroid dienone is 1. The summed E-state index contributed by atoms with van der Waals surface area (Å²) in [5, 5.41) is 9.72. The fraction of sp³-hybridized carbons (Fsp3) is 0.444. The minimum absolute atomic E-state index is 0.0928. The first-order chi connectivity index (χ1) is 22.7. The first kappa shape index (κ1) is 32.5. The number of rotatable bonds is 6. The molecule has 0 saturated carbocycles. The van der Waals surface area contributed by atoms with E-state index in [2.05, 4.69) is 0 Å². The molecule has 2 fully saturated rings. The van der Waals surface area contributed by atoms with Gasteiger partial charge in [-0.05, 0) is 49.6 Å². The molecule has 4 aliphatic rings. The summed E-state index contributed by atoms with van der Waals surface area (Å²) in [5.41, 5.74) is -0.136. The Kier molecular flexibility index (Phi) is 9.20. The molecule has 2 aromatic carbocycles. The number of benzene rings is 2. The zero-order valence-corrected chi connectivity index (χ0v) is 26.9. The first-order valence-corrected chi connectivity index (χ1v) is 16.1. The summed E-state index contributed by atoms with van der Waals surface area (Å²) in [7, 11) is 3.26. The molecule has 47 heavy (non-hydrogen) atoms. The normalized spacial score (nSPS) is 31.7. The molecular formula is C36H41N3O8. The van der Waals surface area contributed by atoms with Gasteiger partial charge in [0, 0.05) is 38.9 Å². The number of aliphatic hydroxyl groups is 1. The zero-order valence-electron chi connectivity index (χ0n) is 26.9. The average Bonchev–Trinajstić information content (AvgIpc) is 3.47. The highest BCUT2D eigenvalue weighted by Crippen LogP contribution is 2.53. The Morgan fingerprint density at radius 2 is 1.74 bits per heavy atom. The Balaban J connectivity index is 1.43. The van der Waals surface area contributed by atoms with Gasteiger partial charge in [-0.2, -0.15) is 0 Å². The summed E-state index contributed by atoms with van der Waals surface area (Å²) in [6.07, 6.45) is 6.29. The van der Waals surface area contributed by atoms with Crippen molar-refractivity contribution in [1.29, 1.82) is 0 Å². The maximum atomic E-state index is 14.6. The Labute approximate surface area is 274 Å². The van der Waals surface area contributed by atoms with Crippen LogP contribution in [0.25, 0.3) is 0 Å². The maximum absolute atomic E-state index is 14.6. The fourth-order valence-corrected chi connectivity index (χ4v) is 7.36. The molecule has 1 N–H and O–H groups in total. The lowest BCUT2D eigenvalue weighted by Crippen LogP contribution is -2.55. The van der Waals surface area contributed by atoms with E-state index in [1.807, 2.05) is 43.3 Å². The largest absolute Gasteiger partial charge is 0.497 e. The Hall–Kier alpha value is -4.48. The average molecular weight is 644 g/mol. The fourth-order valence-electron chi connectivity index (χ4n) is 7.36. The molecule has 4 aliphatic heterocycles. The molecule has 4 heterocycles. The molecule has 0 radical (unpaired) electrons. The molecule has 7 atom stereocenters. The van der Waals surface area contributed by atoms with Crippen molar-refractivity contribution in [2.75, 3.05) is 38.8 Å². The number of carbonyl (C=O) groups excluding carboxylic acids is 4. The van der Waals surface area contributed by atoms with Gasteiger partial charge in [-0.15, -0.1) is 0 Å². The van der Waals surface area contributed by atoms with Crippen molar-refractivity contribution in [3.8, 4) is 5.75 Å². The standard InChI is InChI=1S/C36H41N3O8/c1-23-31(24-11-5-4-6-12-24)46-35(44)29-27(13-7-8-14-28(41)37(23)2)47-36-19-9-20-38(25-15-17-26(45-3)18-16-25)34(43)32(36)39(21-10-22-40)33(42)30(29)36/h4-7,9,11-13,15-19,23,27,29-32,40H,8,10,14,20-22H2,1-3H3/b13-7-/t23-,27-,29+,30+,31+,32-,36+/m1/s1. The lowest BCUT2D eigenvalue weighted by atomic mass is 9.77. The number of carbonyl (C=O) groups is 4. The van der Waals surface area contributed by atoms with Gasteiger partial charge in [0.15, 0.2) is 0 Å². The van der Waals surface area contributed by atoms with Crippen LogP contribution in [-0.2, 0) is 28.7 Å². The third-order valence-electron chi connectivity index (χ3n) is 9.87. The Bertz CT molecular complexity index is 1560. The second kappa shape index (κ2) is 13.3. The van der Waals surface area contributed by atoms with Crippen molar-refractivity contribution < 1.29 is 38.5 Å². The van der Waals surface area contributed by atoms with Crippen molar-refractivity contribution in [2.24, 2.45) is 11.8 Å². The van der Waals surface area contributed by atoms with Gasteiger partial charge in [0.25, 0.3) is 5.91 Å². The Morgan fingerprint density at radius 3 is 2.45 bits per heavy atom. The van der Waals surface area contributed by atoms with Gasteiger partial charge >= 0.3 is 5.97 Å². The number of esters is 1. The van der Waals surface area contributed by atoms with Gasteiger partial charge < -0.3 is 34.0 Å². The highest BCUT2D eigenvalue weighted by molar-refractivity contribution is 6.05. The number of hydrogen-bond donors (Lipinski definition) is 1. The summed E-state index contributed by atoms with van der Waals surface area (Å²) < 4.78 is 18.3. The molecule has 2 aromatic rings. The van der Waals surface area contributed by atoms with Crippen LogP contribution in [0.5, 0.6) is 5.75 Å². The van der Waals surface area contributed by atoms with Crippen LogP contribution in [-0.4, -0.2) is 96.2 Å². The number of ether oxygens (including phenoxy) is 3. The van der Waals surface area contributed by atoms with E-state index in [0.717, 1.165) is 0 Å². The summed E-state index contributed by atoms with van der Waals surface area (Å²) in [6.45, 7) is 1.99. The Morgan fingerprint density at radius 1 is 1.00 bits per heavy atom. The maximum Gasteiger partial charge on any atom is 0.313 e. The highest BCUT2D eigenvalue weighted by Gasteiger charge is 2.71. The molecule has 0 aliphatic carbocycles. The van der Waals surface area contributed by atoms with Crippen molar-refractivity contribution in [2.45, 2.75) is 56.1 Å². The van der Waals surface area contributed by atoms with Gasteiger partial charge in [0.1, 0.15) is 29.4 Å². The monoisotopic (exact) mass is 643 g/mol. The van der Waals surface area contributed by atoms with Crippen LogP contribution < -0.4 is 9.64 Å².